The van der Waals surface area contributed by atoms with Crippen LogP contribution in [-0.4, -0.2) is 49.1 Å². The second kappa shape index (κ2) is 7.15. The molecule has 3 unspecified atom stereocenters. The minimum absolute atomic E-state index is 0.231. The lowest BCUT2D eigenvalue weighted by Crippen LogP contribution is -2.44. The van der Waals surface area contributed by atoms with Crippen molar-refractivity contribution in [3.05, 3.63) is 0 Å². The van der Waals surface area contributed by atoms with Gasteiger partial charge >= 0.3 is 8.80 Å². The molecule has 0 aromatic carbocycles. The van der Waals surface area contributed by atoms with Crippen LogP contribution in [0.5, 0.6) is 0 Å². The van der Waals surface area contributed by atoms with Gasteiger partial charge in [0, 0.05) is 27.4 Å². The highest BCUT2D eigenvalue weighted by Crippen LogP contribution is 2.41. The summed E-state index contributed by atoms with van der Waals surface area (Å²) < 4.78 is 27.2. The predicted octanol–water partition coefficient (Wildman–Crippen LogP) is 2.19. The van der Waals surface area contributed by atoms with Gasteiger partial charge in [-0.1, -0.05) is 6.42 Å². The predicted molar refractivity (Wildman–Crippen MR) is 72.8 cm³/mol. The molecular weight excluding hydrogens is 264 g/mol. The summed E-state index contributed by atoms with van der Waals surface area (Å²) in [6, 6.07) is 0.856. The molecule has 0 aromatic rings. The number of methoxy groups -OCH3 is 1. The number of rotatable bonds is 9. The topological polar surface area (TPSA) is 49.5 Å². The highest BCUT2D eigenvalue weighted by Gasteiger charge is 2.44. The third-order valence-corrected chi connectivity index (χ3v) is 6.99. The summed E-state index contributed by atoms with van der Waals surface area (Å²) in [5.41, 5.74) is 0. The van der Waals surface area contributed by atoms with Gasteiger partial charge in [-0.05, 0) is 31.6 Å². The van der Waals surface area contributed by atoms with Crippen molar-refractivity contribution in [3.8, 4) is 0 Å². The van der Waals surface area contributed by atoms with E-state index in [1.54, 1.807) is 21.3 Å². The van der Waals surface area contributed by atoms with E-state index in [2.05, 4.69) is 0 Å². The van der Waals surface area contributed by atoms with Gasteiger partial charge < -0.3 is 22.8 Å². The smallest absolute Gasteiger partial charge is 0.377 e. The van der Waals surface area contributed by atoms with E-state index in [4.69, 9.17) is 22.8 Å². The van der Waals surface area contributed by atoms with E-state index in [9.17, 15) is 0 Å². The van der Waals surface area contributed by atoms with E-state index in [1.807, 2.05) is 0 Å². The molecular formula is C13H26O5Si. The first-order valence-corrected chi connectivity index (χ1v) is 9.05. The van der Waals surface area contributed by atoms with Crippen LogP contribution in [0, 0.1) is 5.92 Å². The Labute approximate surface area is 116 Å². The normalized spacial score (nSPS) is 30.2. The first-order valence-electron chi connectivity index (χ1n) is 7.11. The number of hydrogen-bond donors (Lipinski definition) is 0. The Morgan fingerprint density at radius 2 is 1.89 bits per heavy atom. The average molecular weight is 290 g/mol. The summed E-state index contributed by atoms with van der Waals surface area (Å²) in [5.74, 6) is 0.798. The minimum atomic E-state index is -2.51. The molecule has 1 saturated heterocycles. The Hall–Kier alpha value is 0.0169. The molecule has 112 valence electrons. The van der Waals surface area contributed by atoms with Crippen molar-refractivity contribution in [2.45, 2.75) is 50.4 Å². The van der Waals surface area contributed by atoms with Crippen LogP contribution >= 0.6 is 0 Å². The third kappa shape index (κ3) is 4.24. The molecule has 6 heteroatoms. The van der Waals surface area contributed by atoms with Crippen molar-refractivity contribution < 1.29 is 22.8 Å². The van der Waals surface area contributed by atoms with Gasteiger partial charge in [0.25, 0.3) is 0 Å². The van der Waals surface area contributed by atoms with Crippen molar-refractivity contribution in [1.82, 2.24) is 0 Å². The molecule has 0 radical (unpaired) electrons. The quantitative estimate of drug-likeness (QED) is 0.370. The molecule has 0 spiro atoms. The molecule has 2 rings (SSSR count). The van der Waals surface area contributed by atoms with Crippen LogP contribution in [0.25, 0.3) is 0 Å². The van der Waals surface area contributed by atoms with Crippen molar-refractivity contribution in [2.75, 3.05) is 28.1 Å². The number of hydrogen-bond acceptors (Lipinski definition) is 5. The summed E-state index contributed by atoms with van der Waals surface area (Å²) in [5, 5.41) is 0. The third-order valence-electron chi connectivity index (χ3n) is 4.23. The number of fused-ring (bicyclic) bond motifs is 1. The van der Waals surface area contributed by atoms with Gasteiger partial charge in [-0.3, -0.25) is 0 Å². The van der Waals surface area contributed by atoms with Gasteiger partial charge in [-0.25, -0.2) is 0 Å². The molecule has 1 saturated carbocycles. The average Bonchev–Trinajstić information content (AvgIpc) is 3.21. The Bertz CT molecular complexity index is 272. The van der Waals surface area contributed by atoms with Gasteiger partial charge in [0.15, 0.2) is 0 Å². The molecule has 0 bridgehead atoms. The Morgan fingerprint density at radius 3 is 2.53 bits per heavy atom. The van der Waals surface area contributed by atoms with Crippen LogP contribution in [0.3, 0.4) is 0 Å². The van der Waals surface area contributed by atoms with Crippen molar-refractivity contribution >= 4 is 8.80 Å². The van der Waals surface area contributed by atoms with Crippen LogP contribution in [0.4, 0.5) is 0 Å². The van der Waals surface area contributed by atoms with E-state index >= 15 is 0 Å². The number of epoxide rings is 1. The highest BCUT2D eigenvalue weighted by molar-refractivity contribution is 6.60. The second-order valence-electron chi connectivity index (χ2n) is 5.43. The molecule has 2 aliphatic rings. The van der Waals surface area contributed by atoms with E-state index < -0.39 is 8.80 Å². The standard InChI is InChI=1S/C13H26O5Si/c1-14-10-17-19(15-2,16-3)8-4-5-11-6-7-12-13(9-11)18-12/h11-13H,4-10H2,1-3H3. The maximum absolute atomic E-state index is 5.64. The van der Waals surface area contributed by atoms with Crippen molar-refractivity contribution in [1.29, 1.82) is 0 Å². The fourth-order valence-electron chi connectivity index (χ4n) is 2.98. The summed E-state index contributed by atoms with van der Waals surface area (Å²) >= 11 is 0. The van der Waals surface area contributed by atoms with Crippen LogP contribution in [-0.2, 0) is 22.8 Å². The summed E-state index contributed by atoms with van der Waals surface area (Å²) in [6.07, 6.45) is 7.23. The molecule has 19 heavy (non-hydrogen) atoms. The summed E-state index contributed by atoms with van der Waals surface area (Å²) in [7, 11) is 2.42. The molecule has 2 fully saturated rings. The highest BCUT2D eigenvalue weighted by atomic mass is 28.4. The van der Waals surface area contributed by atoms with E-state index in [-0.39, 0.29) is 6.79 Å². The van der Waals surface area contributed by atoms with Crippen LogP contribution < -0.4 is 0 Å². The Kier molecular flexibility index (Phi) is 5.80. The molecule has 3 atom stereocenters. The molecule has 5 nitrogen and oxygen atoms in total. The summed E-state index contributed by atoms with van der Waals surface area (Å²) in [4.78, 5) is 0. The monoisotopic (exact) mass is 290 g/mol. The maximum Gasteiger partial charge on any atom is 0.502 e. The van der Waals surface area contributed by atoms with Crippen LogP contribution in [0.1, 0.15) is 32.1 Å². The second-order valence-corrected chi connectivity index (χ2v) is 8.40. The molecule has 1 aliphatic carbocycles. The van der Waals surface area contributed by atoms with Gasteiger partial charge in [0.05, 0.1) is 12.2 Å². The van der Waals surface area contributed by atoms with E-state index in [0.29, 0.717) is 12.2 Å². The lowest BCUT2D eigenvalue weighted by molar-refractivity contribution is -0.0110. The maximum atomic E-state index is 5.64. The van der Waals surface area contributed by atoms with E-state index in [1.165, 1.54) is 25.7 Å². The van der Waals surface area contributed by atoms with Crippen molar-refractivity contribution in [2.24, 2.45) is 5.92 Å². The van der Waals surface area contributed by atoms with Gasteiger partial charge in [-0.15, -0.1) is 0 Å². The molecule has 1 aliphatic heterocycles. The first kappa shape index (κ1) is 15.4. The lowest BCUT2D eigenvalue weighted by atomic mass is 9.86. The molecule has 0 N–H and O–H groups in total. The van der Waals surface area contributed by atoms with Crippen molar-refractivity contribution in [3.63, 3.8) is 0 Å². The van der Waals surface area contributed by atoms with Gasteiger partial charge in [-0.2, -0.15) is 0 Å². The number of ether oxygens (including phenoxy) is 2. The minimum Gasteiger partial charge on any atom is -0.377 e. The fourth-order valence-corrected chi connectivity index (χ4v) is 4.87. The molecule has 1 heterocycles. The first-order chi connectivity index (χ1) is 9.23. The zero-order valence-electron chi connectivity index (χ0n) is 12.2. The Balaban J connectivity index is 1.68. The SMILES string of the molecule is COCO[Si](CCCC1CCC2OC2C1)(OC)OC. The zero-order valence-corrected chi connectivity index (χ0v) is 13.2. The van der Waals surface area contributed by atoms with Crippen LogP contribution in [0.2, 0.25) is 6.04 Å². The zero-order chi connectivity index (χ0) is 13.7. The Morgan fingerprint density at radius 1 is 1.11 bits per heavy atom. The van der Waals surface area contributed by atoms with Gasteiger partial charge in [0.1, 0.15) is 6.79 Å². The molecule has 0 amide bonds. The van der Waals surface area contributed by atoms with E-state index in [0.717, 1.165) is 18.4 Å². The largest absolute Gasteiger partial charge is 0.502 e. The van der Waals surface area contributed by atoms with Crippen LogP contribution in [0.15, 0.2) is 0 Å². The molecule has 0 aromatic heterocycles. The lowest BCUT2D eigenvalue weighted by Gasteiger charge is -2.27. The van der Waals surface area contributed by atoms with Gasteiger partial charge in [0.2, 0.25) is 0 Å². The fraction of sp³-hybridized carbons (Fsp3) is 1.00. The summed E-state index contributed by atoms with van der Waals surface area (Å²) in [6.45, 7) is 0.231.